The van der Waals surface area contributed by atoms with E-state index in [9.17, 15) is 4.79 Å². The number of nitrogens with one attached hydrogen (secondary N) is 2. The number of likely N-dealkylation sites (tertiary alicyclic amines) is 1. The highest BCUT2D eigenvalue weighted by molar-refractivity contribution is 5.85. The molecule has 2 aliphatic rings. The van der Waals surface area contributed by atoms with Crippen molar-refractivity contribution in [3.05, 3.63) is 0 Å². The van der Waals surface area contributed by atoms with Crippen molar-refractivity contribution >= 4 is 18.3 Å². The minimum Gasteiger partial charge on any atom is -0.353 e. The zero-order chi connectivity index (χ0) is 12.8. The monoisotopic (exact) mass is 289 g/mol. The van der Waals surface area contributed by atoms with E-state index < -0.39 is 0 Å². The van der Waals surface area contributed by atoms with Gasteiger partial charge in [-0.05, 0) is 45.2 Å². The first-order valence-electron chi connectivity index (χ1n) is 7.56. The van der Waals surface area contributed by atoms with Gasteiger partial charge in [0.25, 0.3) is 0 Å². The Balaban J connectivity index is 0.00000180. The van der Waals surface area contributed by atoms with Crippen molar-refractivity contribution in [1.29, 1.82) is 0 Å². The average Bonchev–Trinajstić information content (AvgIpc) is 2.93. The highest BCUT2D eigenvalue weighted by Gasteiger charge is 2.23. The van der Waals surface area contributed by atoms with Gasteiger partial charge in [-0.3, -0.25) is 9.69 Å². The smallest absolute Gasteiger partial charge is 0.237 e. The van der Waals surface area contributed by atoms with Crippen LogP contribution in [0, 0.1) is 0 Å². The van der Waals surface area contributed by atoms with E-state index in [1.807, 2.05) is 0 Å². The van der Waals surface area contributed by atoms with Crippen LogP contribution in [0.5, 0.6) is 0 Å². The summed E-state index contributed by atoms with van der Waals surface area (Å²) in [5.74, 6) is 0.192. The van der Waals surface area contributed by atoms with Gasteiger partial charge in [0.05, 0.1) is 6.04 Å². The Hall–Kier alpha value is -0.320. The van der Waals surface area contributed by atoms with E-state index in [-0.39, 0.29) is 24.4 Å². The van der Waals surface area contributed by atoms with Crippen LogP contribution < -0.4 is 10.6 Å². The third-order valence-electron chi connectivity index (χ3n) is 4.30. The molecule has 4 nitrogen and oxygen atoms in total. The van der Waals surface area contributed by atoms with Crippen LogP contribution in [0.4, 0.5) is 0 Å². The van der Waals surface area contributed by atoms with Gasteiger partial charge in [-0.1, -0.05) is 13.3 Å². The third kappa shape index (κ3) is 4.93. The van der Waals surface area contributed by atoms with Gasteiger partial charge < -0.3 is 10.6 Å². The fraction of sp³-hybridized carbons (Fsp3) is 0.929. The lowest BCUT2D eigenvalue weighted by molar-refractivity contribution is -0.122. The molecule has 112 valence electrons. The molecule has 2 saturated heterocycles. The minimum absolute atomic E-state index is 0. The normalized spacial score (nSPS) is 27.8. The quantitative estimate of drug-likeness (QED) is 0.807. The highest BCUT2D eigenvalue weighted by atomic mass is 35.5. The predicted octanol–water partition coefficient (Wildman–Crippen LogP) is 1.54. The Kier molecular flexibility index (Phi) is 7.73. The van der Waals surface area contributed by atoms with Crippen molar-refractivity contribution in [3.8, 4) is 0 Å². The number of piperidine rings is 1. The maximum Gasteiger partial charge on any atom is 0.237 e. The van der Waals surface area contributed by atoms with Crippen molar-refractivity contribution in [1.82, 2.24) is 15.5 Å². The third-order valence-corrected chi connectivity index (χ3v) is 4.30. The van der Waals surface area contributed by atoms with Gasteiger partial charge in [0.15, 0.2) is 0 Å². The van der Waals surface area contributed by atoms with E-state index in [0.29, 0.717) is 0 Å². The summed E-state index contributed by atoms with van der Waals surface area (Å²) in [6.45, 7) is 6.27. The molecule has 1 amide bonds. The maximum atomic E-state index is 11.8. The summed E-state index contributed by atoms with van der Waals surface area (Å²) >= 11 is 0. The molecule has 1 unspecified atom stereocenters. The SMILES string of the molecule is CCC1CCCCN1CCNC(=O)[C@@H]1CCCN1.Cl. The minimum atomic E-state index is 0. The van der Waals surface area contributed by atoms with E-state index in [0.717, 1.165) is 38.5 Å². The van der Waals surface area contributed by atoms with Crippen LogP contribution in [-0.2, 0) is 4.79 Å². The van der Waals surface area contributed by atoms with Gasteiger partial charge in [0, 0.05) is 19.1 Å². The van der Waals surface area contributed by atoms with Crippen molar-refractivity contribution in [2.75, 3.05) is 26.2 Å². The standard InChI is InChI=1S/C14H27N3O.ClH/c1-2-12-6-3-4-10-17(12)11-9-16-14(18)13-7-5-8-15-13;/h12-13,15H,2-11H2,1H3,(H,16,18);1H/t12?,13-;/m0./s1. The molecule has 19 heavy (non-hydrogen) atoms. The summed E-state index contributed by atoms with van der Waals surface area (Å²) in [5.41, 5.74) is 0. The number of hydrogen-bond donors (Lipinski definition) is 2. The lowest BCUT2D eigenvalue weighted by Crippen LogP contribution is -2.46. The van der Waals surface area contributed by atoms with Gasteiger partial charge in [-0.15, -0.1) is 12.4 Å². The summed E-state index contributed by atoms with van der Waals surface area (Å²) < 4.78 is 0. The molecule has 2 fully saturated rings. The summed E-state index contributed by atoms with van der Waals surface area (Å²) in [5, 5.41) is 6.31. The molecule has 2 aliphatic heterocycles. The van der Waals surface area contributed by atoms with Crippen LogP contribution in [0.25, 0.3) is 0 Å². The lowest BCUT2D eigenvalue weighted by atomic mass is 10.0. The van der Waals surface area contributed by atoms with Crippen LogP contribution in [0.3, 0.4) is 0 Å². The van der Waals surface area contributed by atoms with Gasteiger partial charge in [0.1, 0.15) is 0 Å². The van der Waals surface area contributed by atoms with Crippen LogP contribution >= 0.6 is 12.4 Å². The van der Waals surface area contributed by atoms with Crippen molar-refractivity contribution in [2.24, 2.45) is 0 Å². The molecule has 0 spiro atoms. The second-order valence-corrected chi connectivity index (χ2v) is 5.53. The molecule has 2 N–H and O–H groups in total. The summed E-state index contributed by atoms with van der Waals surface area (Å²) in [4.78, 5) is 14.4. The van der Waals surface area contributed by atoms with E-state index in [1.54, 1.807) is 0 Å². The highest BCUT2D eigenvalue weighted by Crippen LogP contribution is 2.18. The number of carbonyl (C=O) groups excluding carboxylic acids is 1. The first-order valence-corrected chi connectivity index (χ1v) is 7.56. The van der Waals surface area contributed by atoms with E-state index in [1.165, 1.54) is 32.2 Å². The number of amides is 1. The first kappa shape index (κ1) is 16.7. The van der Waals surface area contributed by atoms with E-state index in [2.05, 4.69) is 22.5 Å². The topological polar surface area (TPSA) is 44.4 Å². The largest absolute Gasteiger partial charge is 0.353 e. The summed E-state index contributed by atoms with van der Waals surface area (Å²) in [6, 6.07) is 0.800. The fourth-order valence-corrected chi connectivity index (χ4v) is 3.17. The van der Waals surface area contributed by atoms with Crippen LogP contribution in [0.1, 0.15) is 45.4 Å². The second kappa shape index (κ2) is 8.77. The molecule has 5 heteroatoms. The molecule has 0 saturated carbocycles. The van der Waals surface area contributed by atoms with Crippen LogP contribution in [0.2, 0.25) is 0 Å². The molecule has 0 aromatic carbocycles. The molecule has 0 radical (unpaired) electrons. The van der Waals surface area contributed by atoms with E-state index >= 15 is 0 Å². The van der Waals surface area contributed by atoms with Gasteiger partial charge in [0.2, 0.25) is 5.91 Å². The zero-order valence-corrected chi connectivity index (χ0v) is 12.8. The Bertz CT molecular complexity index is 269. The fourth-order valence-electron chi connectivity index (χ4n) is 3.17. The number of carbonyl (C=O) groups is 1. The maximum absolute atomic E-state index is 11.8. The van der Waals surface area contributed by atoms with E-state index in [4.69, 9.17) is 0 Å². The molecule has 2 heterocycles. The first-order chi connectivity index (χ1) is 8.81. The number of nitrogens with zero attached hydrogens (tertiary/aromatic N) is 1. The Labute approximate surface area is 123 Å². The molecule has 0 aliphatic carbocycles. The predicted molar refractivity (Wildman–Crippen MR) is 80.8 cm³/mol. The van der Waals surface area contributed by atoms with Crippen LogP contribution in [-0.4, -0.2) is 49.1 Å². The molecule has 0 aromatic heterocycles. The average molecular weight is 290 g/mol. The zero-order valence-electron chi connectivity index (χ0n) is 12.0. The number of hydrogen-bond acceptors (Lipinski definition) is 3. The molecule has 0 aromatic rings. The lowest BCUT2D eigenvalue weighted by Gasteiger charge is -2.35. The Morgan fingerprint density at radius 1 is 1.32 bits per heavy atom. The van der Waals surface area contributed by atoms with Gasteiger partial charge in [-0.25, -0.2) is 0 Å². The van der Waals surface area contributed by atoms with Gasteiger partial charge >= 0.3 is 0 Å². The Morgan fingerprint density at radius 2 is 2.16 bits per heavy atom. The van der Waals surface area contributed by atoms with Crippen LogP contribution in [0.15, 0.2) is 0 Å². The van der Waals surface area contributed by atoms with Crippen molar-refractivity contribution < 1.29 is 4.79 Å². The summed E-state index contributed by atoms with van der Waals surface area (Å²) in [7, 11) is 0. The Morgan fingerprint density at radius 3 is 2.84 bits per heavy atom. The molecule has 0 bridgehead atoms. The molecular formula is C14H28ClN3O. The second-order valence-electron chi connectivity index (χ2n) is 5.53. The molecular weight excluding hydrogens is 262 g/mol. The number of halogens is 1. The van der Waals surface area contributed by atoms with Crippen molar-refractivity contribution in [3.63, 3.8) is 0 Å². The van der Waals surface area contributed by atoms with Crippen molar-refractivity contribution in [2.45, 2.75) is 57.5 Å². The summed E-state index contributed by atoms with van der Waals surface area (Å²) in [6.07, 6.45) is 7.37. The number of rotatable bonds is 5. The molecule has 2 rings (SSSR count). The van der Waals surface area contributed by atoms with Gasteiger partial charge in [-0.2, -0.15) is 0 Å². The molecule has 2 atom stereocenters.